The topological polar surface area (TPSA) is 70.2 Å². The smallest absolute Gasteiger partial charge is 0.251 e. The number of rotatable bonds is 8. The fourth-order valence-corrected chi connectivity index (χ4v) is 2.09. The van der Waals surface area contributed by atoms with Crippen molar-refractivity contribution in [1.82, 2.24) is 10.6 Å². The van der Waals surface area contributed by atoms with Crippen LogP contribution in [-0.4, -0.2) is 32.0 Å². The molecule has 22 heavy (non-hydrogen) atoms. The minimum absolute atomic E-state index is 0.00219. The van der Waals surface area contributed by atoms with Crippen molar-refractivity contribution in [2.24, 2.45) is 5.92 Å². The average molecular weight is 305 g/mol. The third-order valence-corrected chi connectivity index (χ3v) is 3.25. The maximum Gasteiger partial charge on any atom is 0.251 e. The fourth-order valence-electron chi connectivity index (χ4n) is 2.09. The lowest BCUT2D eigenvalue weighted by molar-refractivity contribution is -0.116. The number of aryl methyl sites for hydroxylation is 1. The van der Waals surface area contributed by atoms with Gasteiger partial charge in [0.15, 0.2) is 0 Å². The molecule has 0 radical (unpaired) electrons. The molecule has 0 heterocycles. The molecule has 0 aliphatic heterocycles. The molecule has 3 N–H and O–H groups in total. The second-order valence-electron chi connectivity index (χ2n) is 5.89. The fraction of sp³-hybridized carbons (Fsp3) is 0.529. The molecule has 0 unspecified atom stereocenters. The molecule has 122 valence electrons. The molecule has 1 rings (SSSR count). The van der Waals surface area contributed by atoms with Crippen LogP contribution < -0.4 is 16.0 Å². The van der Waals surface area contributed by atoms with Crippen molar-refractivity contribution >= 4 is 17.5 Å². The highest BCUT2D eigenvalue weighted by Gasteiger charge is 2.10. The first-order valence-corrected chi connectivity index (χ1v) is 7.77. The highest BCUT2D eigenvalue weighted by Crippen LogP contribution is 2.17. The Kier molecular flexibility index (Phi) is 7.60. The zero-order chi connectivity index (χ0) is 16.5. The molecule has 5 nitrogen and oxygen atoms in total. The molecule has 0 bridgehead atoms. The third-order valence-electron chi connectivity index (χ3n) is 3.25. The Balaban J connectivity index is 2.61. The van der Waals surface area contributed by atoms with E-state index >= 15 is 0 Å². The zero-order valence-corrected chi connectivity index (χ0v) is 14.0. The molecule has 0 saturated carbocycles. The molecule has 0 spiro atoms. The molecule has 1 aromatic carbocycles. The van der Waals surface area contributed by atoms with E-state index in [4.69, 9.17) is 0 Å². The number of hydrogen-bond acceptors (Lipinski definition) is 3. The maximum absolute atomic E-state index is 12.0. The van der Waals surface area contributed by atoms with E-state index in [2.05, 4.69) is 16.0 Å². The quantitative estimate of drug-likeness (QED) is 0.646. The lowest BCUT2D eigenvalue weighted by atomic mass is 10.1. The van der Waals surface area contributed by atoms with Gasteiger partial charge in [-0.25, -0.2) is 0 Å². The van der Waals surface area contributed by atoms with Crippen LogP contribution in [0.25, 0.3) is 0 Å². The summed E-state index contributed by atoms with van der Waals surface area (Å²) in [6.45, 7) is 7.43. The highest BCUT2D eigenvalue weighted by molar-refractivity contribution is 5.96. The average Bonchev–Trinajstić information content (AvgIpc) is 2.44. The van der Waals surface area contributed by atoms with E-state index < -0.39 is 0 Å². The van der Waals surface area contributed by atoms with Crippen LogP contribution in [0.4, 0.5) is 5.69 Å². The van der Waals surface area contributed by atoms with Gasteiger partial charge in [-0.2, -0.15) is 0 Å². The van der Waals surface area contributed by atoms with E-state index in [1.54, 1.807) is 18.2 Å². The number of anilines is 1. The Bertz CT molecular complexity index is 513. The second-order valence-corrected chi connectivity index (χ2v) is 5.89. The first-order chi connectivity index (χ1) is 10.4. The summed E-state index contributed by atoms with van der Waals surface area (Å²) < 4.78 is 0. The van der Waals surface area contributed by atoms with Gasteiger partial charge >= 0.3 is 0 Å². The molecule has 2 amide bonds. The largest absolute Gasteiger partial charge is 0.352 e. The van der Waals surface area contributed by atoms with Gasteiger partial charge in [-0.15, -0.1) is 0 Å². The van der Waals surface area contributed by atoms with Crippen LogP contribution in [0.1, 0.15) is 42.6 Å². The van der Waals surface area contributed by atoms with Crippen molar-refractivity contribution in [3.05, 3.63) is 29.3 Å². The zero-order valence-electron chi connectivity index (χ0n) is 14.0. The van der Waals surface area contributed by atoms with Crippen LogP contribution in [0.3, 0.4) is 0 Å². The molecule has 0 atom stereocenters. The van der Waals surface area contributed by atoms with Gasteiger partial charge in [0, 0.05) is 24.2 Å². The van der Waals surface area contributed by atoms with Crippen molar-refractivity contribution in [2.45, 2.75) is 33.6 Å². The normalized spacial score (nSPS) is 10.6. The molecule has 0 aromatic heterocycles. The van der Waals surface area contributed by atoms with Gasteiger partial charge in [-0.1, -0.05) is 13.8 Å². The molecule has 0 saturated heterocycles. The van der Waals surface area contributed by atoms with Gasteiger partial charge in [0.05, 0.1) is 0 Å². The number of benzene rings is 1. The minimum atomic E-state index is -0.0840. The summed E-state index contributed by atoms with van der Waals surface area (Å²) in [5.74, 6) is 0.240. The predicted octanol–water partition coefficient (Wildman–Crippen LogP) is 2.32. The van der Waals surface area contributed by atoms with Crippen molar-refractivity contribution in [2.75, 3.05) is 25.5 Å². The molecular formula is C17H27N3O2. The van der Waals surface area contributed by atoms with E-state index in [9.17, 15) is 9.59 Å². The van der Waals surface area contributed by atoms with Crippen molar-refractivity contribution in [3.63, 3.8) is 0 Å². The van der Waals surface area contributed by atoms with Gasteiger partial charge < -0.3 is 16.0 Å². The maximum atomic E-state index is 12.0. The lowest BCUT2D eigenvalue weighted by Gasteiger charge is -2.11. The van der Waals surface area contributed by atoms with Crippen LogP contribution in [0.15, 0.2) is 18.2 Å². The van der Waals surface area contributed by atoms with Crippen LogP contribution in [0, 0.1) is 12.8 Å². The number of carbonyl (C=O) groups excluding carboxylic acids is 2. The van der Waals surface area contributed by atoms with Gasteiger partial charge in [-0.3, -0.25) is 9.59 Å². The Labute approximate surface area is 132 Å². The van der Waals surface area contributed by atoms with E-state index in [0.717, 1.165) is 24.2 Å². The van der Waals surface area contributed by atoms with Gasteiger partial charge in [0.25, 0.3) is 5.91 Å². The number of nitrogens with one attached hydrogen (secondary N) is 3. The molecule has 5 heteroatoms. The van der Waals surface area contributed by atoms with Gasteiger partial charge in [-0.05, 0) is 56.6 Å². The first kappa shape index (κ1) is 18.2. The Morgan fingerprint density at radius 1 is 1.18 bits per heavy atom. The minimum Gasteiger partial charge on any atom is -0.352 e. The highest BCUT2D eigenvalue weighted by atomic mass is 16.2. The molecule has 0 fully saturated rings. The van der Waals surface area contributed by atoms with E-state index in [0.29, 0.717) is 24.4 Å². The second kappa shape index (κ2) is 9.20. The first-order valence-electron chi connectivity index (χ1n) is 7.77. The molecule has 0 aliphatic carbocycles. The van der Waals surface area contributed by atoms with Crippen molar-refractivity contribution in [3.8, 4) is 0 Å². The van der Waals surface area contributed by atoms with Crippen molar-refractivity contribution in [1.29, 1.82) is 0 Å². The summed E-state index contributed by atoms with van der Waals surface area (Å²) >= 11 is 0. The molecular weight excluding hydrogens is 278 g/mol. The Morgan fingerprint density at radius 2 is 1.91 bits per heavy atom. The Morgan fingerprint density at radius 3 is 2.50 bits per heavy atom. The summed E-state index contributed by atoms with van der Waals surface area (Å²) in [5, 5.41) is 8.81. The SMILES string of the molecule is CNCCCNC(=O)c1ccc(NC(=O)CC(C)C)c(C)c1. The number of hydrogen-bond donors (Lipinski definition) is 3. The van der Waals surface area contributed by atoms with Gasteiger partial charge in [0.2, 0.25) is 5.91 Å². The van der Waals surface area contributed by atoms with E-state index in [-0.39, 0.29) is 11.8 Å². The monoisotopic (exact) mass is 305 g/mol. The summed E-state index contributed by atoms with van der Waals surface area (Å²) in [4.78, 5) is 23.8. The summed E-state index contributed by atoms with van der Waals surface area (Å²) in [6, 6.07) is 5.33. The van der Waals surface area contributed by atoms with E-state index in [1.165, 1.54) is 0 Å². The van der Waals surface area contributed by atoms with E-state index in [1.807, 2.05) is 27.8 Å². The van der Waals surface area contributed by atoms with Crippen LogP contribution >= 0.6 is 0 Å². The number of carbonyl (C=O) groups is 2. The third kappa shape index (κ3) is 6.26. The summed E-state index contributed by atoms with van der Waals surface area (Å²) in [7, 11) is 1.89. The van der Waals surface area contributed by atoms with Crippen LogP contribution in [-0.2, 0) is 4.79 Å². The van der Waals surface area contributed by atoms with Crippen LogP contribution in [0.5, 0.6) is 0 Å². The molecule has 0 aliphatic rings. The van der Waals surface area contributed by atoms with Gasteiger partial charge in [0.1, 0.15) is 0 Å². The standard InChI is InChI=1S/C17H27N3O2/c1-12(2)10-16(21)20-15-7-6-14(11-13(15)3)17(22)19-9-5-8-18-4/h6-7,11-12,18H,5,8-10H2,1-4H3,(H,19,22)(H,20,21). The number of amides is 2. The predicted molar refractivity (Wildman–Crippen MR) is 90.1 cm³/mol. The Hall–Kier alpha value is -1.88. The summed E-state index contributed by atoms with van der Waals surface area (Å²) in [6.07, 6.45) is 1.39. The van der Waals surface area contributed by atoms with Crippen molar-refractivity contribution < 1.29 is 9.59 Å². The lowest BCUT2D eigenvalue weighted by Crippen LogP contribution is -2.26. The van der Waals surface area contributed by atoms with Crippen LogP contribution in [0.2, 0.25) is 0 Å². The molecule has 1 aromatic rings. The summed E-state index contributed by atoms with van der Waals surface area (Å²) in [5.41, 5.74) is 2.26.